The van der Waals surface area contributed by atoms with Crippen molar-refractivity contribution in [2.45, 2.75) is 46.6 Å². The van der Waals surface area contributed by atoms with Crippen molar-refractivity contribution in [1.82, 2.24) is 4.90 Å². The van der Waals surface area contributed by atoms with E-state index in [2.05, 4.69) is 13.8 Å². The highest BCUT2D eigenvalue weighted by Crippen LogP contribution is 2.40. The van der Waals surface area contributed by atoms with E-state index in [4.69, 9.17) is 18.6 Å². The third-order valence-electron chi connectivity index (χ3n) is 7.64. The summed E-state index contributed by atoms with van der Waals surface area (Å²) >= 11 is 0. The van der Waals surface area contributed by atoms with Crippen molar-refractivity contribution in [3.05, 3.63) is 98.4 Å². The van der Waals surface area contributed by atoms with Gasteiger partial charge in [0, 0.05) is 6.54 Å². The molecule has 0 saturated carbocycles. The third kappa shape index (κ3) is 5.53. The van der Waals surface area contributed by atoms with E-state index in [0.29, 0.717) is 59.3 Å². The Kier molecular flexibility index (Phi) is 8.06. The molecule has 0 spiro atoms. The summed E-state index contributed by atoms with van der Waals surface area (Å²) in [5.74, 6) is 2.30. The smallest absolute Gasteiger partial charge is 0.290 e. The van der Waals surface area contributed by atoms with E-state index < -0.39 is 6.04 Å². The Morgan fingerprint density at radius 1 is 0.951 bits per heavy atom. The lowest BCUT2D eigenvalue weighted by atomic mass is 9.96. The molecule has 3 aromatic carbocycles. The predicted molar refractivity (Wildman–Crippen MR) is 159 cm³/mol. The molecule has 1 aromatic heterocycles. The molecule has 5 rings (SSSR count). The SMILES string of the molecule is COc1ccc(CCN2C(=O)c3oc4cc(C)cc(C)c4c(=O)c3C2c2cccc(OCCC(C)C)c2)cc1OC. The molecular weight excluding hydrogens is 518 g/mol. The number of benzene rings is 3. The number of hydrogen-bond acceptors (Lipinski definition) is 6. The fraction of sp³-hybridized carbons (Fsp3) is 0.353. The van der Waals surface area contributed by atoms with E-state index in [1.807, 2.05) is 68.4 Å². The number of aryl methyl sites for hydroxylation is 2. The summed E-state index contributed by atoms with van der Waals surface area (Å²) in [6.07, 6.45) is 1.48. The number of rotatable bonds is 10. The van der Waals surface area contributed by atoms with Crippen molar-refractivity contribution >= 4 is 16.9 Å². The molecule has 0 aliphatic carbocycles. The largest absolute Gasteiger partial charge is 0.494 e. The van der Waals surface area contributed by atoms with E-state index in [9.17, 15) is 9.59 Å². The molecule has 0 bridgehead atoms. The standard InChI is InChI=1S/C34H37NO6/c1-20(2)13-15-40-25-9-7-8-24(19-25)31-30-32(36)29-22(4)16-21(3)17-28(29)41-33(30)34(37)35(31)14-12-23-10-11-26(38-5)27(18-23)39-6/h7-11,16-20,31H,12-15H2,1-6H3. The van der Waals surface area contributed by atoms with Crippen LogP contribution in [0, 0.1) is 19.8 Å². The number of nitrogens with zero attached hydrogens (tertiary/aromatic N) is 1. The first-order chi connectivity index (χ1) is 19.7. The number of fused-ring (bicyclic) bond motifs is 2. The van der Waals surface area contributed by atoms with Gasteiger partial charge in [0.2, 0.25) is 5.76 Å². The highest BCUT2D eigenvalue weighted by molar-refractivity contribution is 5.99. The number of amides is 1. The first kappa shape index (κ1) is 28.3. The second kappa shape index (κ2) is 11.7. The minimum Gasteiger partial charge on any atom is -0.494 e. The summed E-state index contributed by atoms with van der Waals surface area (Å²) in [5.41, 5.74) is 4.23. The highest BCUT2D eigenvalue weighted by Gasteiger charge is 2.42. The van der Waals surface area contributed by atoms with E-state index >= 15 is 0 Å². The molecule has 1 atom stereocenters. The van der Waals surface area contributed by atoms with Crippen LogP contribution in [-0.4, -0.2) is 38.2 Å². The van der Waals surface area contributed by atoms with Gasteiger partial charge in [-0.25, -0.2) is 0 Å². The van der Waals surface area contributed by atoms with Gasteiger partial charge in [-0.1, -0.05) is 38.1 Å². The molecule has 214 valence electrons. The van der Waals surface area contributed by atoms with Crippen LogP contribution >= 0.6 is 0 Å². The molecule has 1 aliphatic heterocycles. The monoisotopic (exact) mass is 555 g/mol. The molecule has 2 heterocycles. The summed E-state index contributed by atoms with van der Waals surface area (Å²) in [4.78, 5) is 29.8. The van der Waals surface area contributed by atoms with Crippen molar-refractivity contribution in [3.8, 4) is 17.2 Å². The van der Waals surface area contributed by atoms with Gasteiger partial charge in [0.05, 0.1) is 37.8 Å². The number of carbonyl (C=O) groups is 1. The quantitative estimate of drug-likeness (QED) is 0.218. The zero-order valence-electron chi connectivity index (χ0n) is 24.6. The Hall–Kier alpha value is -4.26. The van der Waals surface area contributed by atoms with Crippen LogP contribution in [0.5, 0.6) is 17.2 Å². The van der Waals surface area contributed by atoms with Gasteiger partial charge in [0.25, 0.3) is 5.91 Å². The van der Waals surface area contributed by atoms with Crippen LogP contribution in [0.2, 0.25) is 0 Å². The molecule has 41 heavy (non-hydrogen) atoms. The number of carbonyl (C=O) groups excluding carboxylic acids is 1. The third-order valence-corrected chi connectivity index (χ3v) is 7.64. The van der Waals surface area contributed by atoms with Crippen molar-refractivity contribution in [3.63, 3.8) is 0 Å². The summed E-state index contributed by atoms with van der Waals surface area (Å²) in [6.45, 7) is 9.13. The van der Waals surface area contributed by atoms with Crippen molar-refractivity contribution in [2.75, 3.05) is 27.4 Å². The maximum Gasteiger partial charge on any atom is 0.290 e. The summed E-state index contributed by atoms with van der Waals surface area (Å²) in [6, 6.07) is 16.6. The highest BCUT2D eigenvalue weighted by atomic mass is 16.5. The first-order valence-electron chi connectivity index (χ1n) is 14.0. The van der Waals surface area contributed by atoms with Gasteiger partial charge in [-0.2, -0.15) is 0 Å². The fourth-order valence-corrected chi connectivity index (χ4v) is 5.56. The Morgan fingerprint density at radius 2 is 1.73 bits per heavy atom. The van der Waals surface area contributed by atoms with Crippen molar-refractivity contribution in [2.24, 2.45) is 5.92 Å². The van der Waals surface area contributed by atoms with Crippen LogP contribution in [0.25, 0.3) is 11.0 Å². The van der Waals surface area contributed by atoms with E-state index in [0.717, 1.165) is 28.7 Å². The van der Waals surface area contributed by atoms with Crippen LogP contribution in [-0.2, 0) is 6.42 Å². The molecule has 7 heteroatoms. The molecule has 1 aliphatic rings. The van der Waals surface area contributed by atoms with Gasteiger partial charge >= 0.3 is 0 Å². The van der Waals surface area contributed by atoms with Crippen LogP contribution in [0.15, 0.2) is 63.8 Å². The Morgan fingerprint density at radius 3 is 2.46 bits per heavy atom. The van der Waals surface area contributed by atoms with Crippen LogP contribution in [0.3, 0.4) is 0 Å². The average Bonchev–Trinajstić information content (AvgIpc) is 3.22. The number of ether oxygens (including phenoxy) is 3. The Bertz CT molecular complexity index is 1650. The average molecular weight is 556 g/mol. The van der Waals surface area contributed by atoms with Crippen LogP contribution < -0.4 is 19.6 Å². The lowest BCUT2D eigenvalue weighted by Crippen LogP contribution is -2.31. The summed E-state index contributed by atoms with van der Waals surface area (Å²) in [7, 11) is 3.19. The molecule has 7 nitrogen and oxygen atoms in total. The Labute approximate surface area is 240 Å². The second-order valence-corrected chi connectivity index (χ2v) is 11.1. The van der Waals surface area contributed by atoms with Gasteiger partial charge in [-0.3, -0.25) is 9.59 Å². The topological polar surface area (TPSA) is 78.2 Å². The van der Waals surface area contributed by atoms with Gasteiger partial charge in [0.15, 0.2) is 16.9 Å². The van der Waals surface area contributed by atoms with E-state index in [1.54, 1.807) is 19.1 Å². The van der Waals surface area contributed by atoms with E-state index in [1.165, 1.54) is 0 Å². The minimum absolute atomic E-state index is 0.107. The Balaban J connectivity index is 1.58. The van der Waals surface area contributed by atoms with Gasteiger partial charge in [-0.15, -0.1) is 0 Å². The van der Waals surface area contributed by atoms with Crippen LogP contribution in [0.1, 0.15) is 64.7 Å². The summed E-state index contributed by atoms with van der Waals surface area (Å²) in [5, 5.41) is 0.512. The zero-order chi connectivity index (χ0) is 29.3. The number of methoxy groups -OCH3 is 2. The lowest BCUT2D eigenvalue weighted by molar-refractivity contribution is 0.0729. The molecule has 1 unspecified atom stereocenters. The molecule has 4 aromatic rings. The fourth-order valence-electron chi connectivity index (χ4n) is 5.56. The molecule has 1 amide bonds. The van der Waals surface area contributed by atoms with Crippen LogP contribution in [0.4, 0.5) is 0 Å². The zero-order valence-corrected chi connectivity index (χ0v) is 24.6. The molecule has 0 fully saturated rings. The first-order valence-corrected chi connectivity index (χ1v) is 14.0. The summed E-state index contributed by atoms with van der Waals surface area (Å²) < 4.78 is 23.1. The molecule has 0 saturated heterocycles. The maximum atomic E-state index is 14.1. The maximum absolute atomic E-state index is 14.1. The van der Waals surface area contributed by atoms with Crippen molar-refractivity contribution in [1.29, 1.82) is 0 Å². The van der Waals surface area contributed by atoms with Crippen molar-refractivity contribution < 1.29 is 23.4 Å². The van der Waals surface area contributed by atoms with Gasteiger partial charge < -0.3 is 23.5 Å². The van der Waals surface area contributed by atoms with E-state index in [-0.39, 0.29) is 17.1 Å². The predicted octanol–water partition coefficient (Wildman–Crippen LogP) is 6.64. The lowest BCUT2D eigenvalue weighted by Gasteiger charge is -2.25. The molecular formula is C34H37NO6. The van der Waals surface area contributed by atoms with Gasteiger partial charge in [-0.05, 0) is 85.2 Å². The van der Waals surface area contributed by atoms with Gasteiger partial charge in [0.1, 0.15) is 11.3 Å². The number of hydrogen-bond donors (Lipinski definition) is 0. The normalized spacial score (nSPS) is 14.6. The minimum atomic E-state index is -0.604. The molecule has 0 N–H and O–H groups in total. The second-order valence-electron chi connectivity index (χ2n) is 11.1. The molecule has 0 radical (unpaired) electrons.